The van der Waals surface area contributed by atoms with Gasteiger partial charge in [0.05, 0.1) is 17.0 Å². The second-order valence-corrected chi connectivity index (χ2v) is 8.60. The molecular weight excluding hydrogens is 400 g/mol. The first-order chi connectivity index (χ1) is 13.2. The summed E-state index contributed by atoms with van der Waals surface area (Å²) in [5.74, 6) is -0.819. The Morgan fingerprint density at radius 3 is 2.36 bits per heavy atom. The van der Waals surface area contributed by atoms with Crippen LogP contribution in [0.5, 0.6) is 5.75 Å². The molecule has 0 spiro atoms. The molecule has 6 nitrogen and oxygen atoms in total. The Balaban J connectivity index is 1.89. The van der Waals surface area contributed by atoms with E-state index in [1.807, 2.05) is 19.9 Å². The number of nitrogens with zero attached hydrogens (tertiary/aromatic N) is 2. The van der Waals surface area contributed by atoms with Gasteiger partial charge in [0.1, 0.15) is 5.75 Å². The molecule has 1 heterocycles. The van der Waals surface area contributed by atoms with Crippen LogP contribution in [0.15, 0.2) is 59.9 Å². The van der Waals surface area contributed by atoms with Crippen LogP contribution < -0.4 is 4.74 Å². The minimum Gasteiger partial charge on any atom is -0.422 e. The fourth-order valence-electron chi connectivity index (χ4n) is 2.65. The van der Waals surface area contributed by atoms with Crippen molar-refractivity contribution in [1.29, 1.82) is 0 Å². The highest BCUT2D eigenvalue weighted by atomic mass is 35.5. The van der Waals surface area contributed by atoms with Gasteiger partial charge in [-0.2, -0.15) is 0 Å². The van der Waals surface area contributed by atoms with Crippen LogP contribution in [0.1, 0.15) is 27.2 Å². The van der Waals surface area contributed by atoms with E-state index in [1.54, 1.807) is 42.5 Å². The zero-order chi connectivity index (χ0) is 20.3. The van der Waals surface area contributed by atoms with Gasteiger partial charge in [0.2, 0.25) is 15.0 Å². The molecule has 0 aliphatic rings. The summed E-state index contributed by atoms with van der Waals surface area (Å²) in [5, 5.41) is -0.568. The second kappa shape index (κ2) is 8.08. The van der Waals surface area contributed by atoms with Gasteiger partial charge in [0, 0.05) is 0 Å². The molecule has 0 unspecified atom stereocenters. The number of esters is 1. The Kier molecular flexibility index (Phi) is 5.76. The van der Waals surface area contributed by atoms with E-state index in [4.69, 9.17) is 16.3 Å². The van der Waals surface area contributed by atoms with E-state index in [9.17, 15) is 13.2 Å². The lowest BCUT2D eigenvalue weighted by molar-refractivity contribution is 0.0727. The highest BCUT2D eigenvalue weighted by Gasteiger charge is 2.24. The number of ether oxygens (including phenoxy) is 1. The lowest BCUT2D eigenvalue weighted by atomic mass is 10.1. The van der Waals surface area contributed by atoms with Crippen molar-refractivity contribution in [3.05, 3.63) is 82.1 Å². The normalized spacial score (nSPS) is 11.2. The molecule has 0 bridgehead atoms. The third-order valence-corrected chi connectivity index (χ3v) is 5.54. The van der Waals surface area contributed by atoms with E-state index in [0.29, 0.717) is 11.3 Å². The topological polar surface area (TPSA) is 86.2 Å². The van der Waals surface area contributed by atoms with Gasteiger partial charge in [0.15, 0.2) is 5.69 Å². The average Bonchev–Trinajstić information content (AvgIpc) is 2.61. The van der Waals surface area contributed by atoms with E-state index < -0.39 is 21.0 Å². The van der Waals surface area contributed by atoms with Crippen molar-refractivity contribution < 1.29 is 17.9 Å². The highest BCUT2D eigenvalue weighted by Crippen LogP contribution is 2.21. The summed E-state index contributed by atoms with van der Waals surface area (Å²) in [6.45, 7) is 3.74. The first-order valence-corrected chi connectivity index (χ1v) is 10.4. The van der Waals surface area contributed by atoms with E-state index in [1.165, 1.54) is 0 Å². The predicted molar refractivity (Wildman–Crippen MR) is 105 cm³/mol. The molecule has 0 fully saturated rings. The number of aromatic nitrogens is 2. The Labute approximate surface area is 168 Å². The number of benzene rings is 2. The van der Waals surface area contributed by atoms with Gasteiger partial charge in [-0.05, 0) is 42.7 Å². The molecule has 0 saturated heterocycles. The molecule has 0 atom stereocenters. The van der Waals surface area contributed by atoms with Crippen molar-refractivity contribution in [3.63, 3.8) is 0 Å². The predicted octanol–water partition coefficient (Wildman–Crippen LogP) is 3.94. The number of hydrogen-bond acceptors (Lipinski definition) is 6. The summed E-state index contributed by atoms with van der Waals surface area (Å²) in [4.78, 5) is 20.2. The number of rotatable bonds is 5. The van der Waals surface area contributed by atoms with Crippen LogP contribution in [-0.4, -0.2) is 24.4 Å². The third kappa shape index (κ3) is 4.74. The largest absolute Gasteiger partial charge is 0.422 e. The molecular formula is C20H17ClN2O4S. The maximum Gasteiger partial charge on any atom is 0.364 e. The Hall–Kier alpha value is -2.77. The Bertz CT molecular complexity index is 1110. The number of hydrogen-bond donors (Lipinski definition) is 0. The van der Waals surface area contributed by atoms with Crippen molar-refractivity contribution >= 4 is 27.4 Å². The Morgan fingerprint density at radius 2 is 1.71 bits per heavy atom. The summed E-state index contributed by atoms with van der Waals surface area (Å²) >= 11 is 6.01. The number of sulfone groups is 1. The van der Waals surface area contributed by atoms with Crippen LogP contribution in [0.2, 0.25) is 5.02 Å². The van der Waals surface area contributed by atoms with Gasteiger partial charge in [0.25, 0.3) is 0 Å². The van der Waals surface area contributed by atoms with Gasteiger partial charge in [-0.15, -0.1) is 0 Å². The standard InChI is InChI=1S/C20H17ClN2O4S/c1-13-8-14(2)10-16(9-13)27-19(24)18-17(21)11-22-20(23-18)28(25,26)12-15-6-4-3-5-7-15/h3-11H,12H2,1-2H3. The molecule has 28 heavy (non-hydrogen) atoms. The molecule has 144 valence electrons. The van der Waals surface area contributed by atoms with Crippen LogP contribution in [0.25, 0.3) is 0 Å². The smallest absolute Gasteiger partial charge is 0.364 e. The molecule has 3 aromatic rings. The monoisotopic (exact) mass is 416 g/mol. The maximum absolute atomic E-state index is 12.6. The first-order valence-electron chi connectivity index (χ1n) is 8.34. The number of carbonyl (C=O) groups excluding carboxylic acids is 1. The summed E-state index contributed by atoms with van der Waals surface area (Å²) in [6, 6.07) is 13.9. The van der Waals surface area contributed by atoms with Gasteiger partial charge in [-0.3, -0.25) is 0 Å². The van der Waals surface area contributed by atoms with Crippen LogP contribution >= 0.6 is 11.6 Å². The molecule has 0 N–H and O–H groups in total. The molecule has 0 saturated carbocycles. The molecule has 0 amide bonds. The molecule has 0 radical (unpaired) electrons. The summed E-state index contributed by atoms with van der Waals surface area (Å²) in [7, 11) is -3.86. The highest BCUT2D eigenvalue weighted by molar-refractivity contribution is 7.90. The minimum atomic E-state index is -3.86. The molecule has 1 aromatic heterocycles. The zero-order valence-corrected chi connectivity index (χ0v) is 16.8. The van der Waals surface area contributed by atoms with Gasteiger partial charge >= 0.3 is 5.97 Å². The van der Waals surface area contributed by atoms with Crippen molar-refractivity contribution in [3.8, 4) is 5.75 Å². The zero-order valence-electron chi connectivity index (χ0n) is 15.2. The van der Waals surface area contributed by atoms with Gasteiger partial charge in [-0.1, -0.05) is 48.0 Å². The molecule has 0 aliphatic carbocycles. The van der Waals surface area contributed by atoms with Crippen LogP contribution in [0, 0.1) is 13.8 Å². The Morgan fingerprint density at radius 1 is 1.07 bits per heavy atom. The van der Waals surface area contributed by atoms with E-state index in [0.717, 1.165) is 17.3 Å². The SMILES string of the molecule is Cc1cc(C)cc(OC(=O)c2nc(S(=O)(=O)Cc3ccccc3)ncc2Cl)c1. The van der Waals surface area contributed by atoms with Crippen LogP contribution in [0.3, 0.4) is 0 Å². The fourth-order valence-corrected chi connectivity index (χ4v) is 4.02. The third-order valence-electron chi connectivity index (χ3n) is 3.80. The van der Waals surface area contributed by atoms with Crippen molar-refractivity contribution in [2.24, 2.45) is 0 Å². The number of carbonyl (C=O) groups is 1. The molecule has 2 aromatic carbocycles. The molecule has 0 aliphatic heterocycles. The minimum absolute atomic E-state index is 0.0898. The average molecular weight is 417 g/mol. The van der Waals surface area contributed by atoms with Crippen molar-refractivity contribution in [1.82, 2.24) is 9.97 Å². The molecule has 3 rings (SSSR count). The quantitative estimate of drug-likeness (QED) is 0.355. The first kappa shape index (κ1) is 20.0. The van der Waals surface area contributed by atoms with Crippen LogP contribution in [-0.2, 0) is 15.6 Å². The summed E-state index contributed by atoms with van der Waals surface area (Å²) in [5.41, 5.74) is 2.12. The maximum atomic E-state index is 12.6. The lowest BCUT2D eigenvalue weighted by Gasteiger charge is -2.09. The van der Waals surface area contributed by atoms with Crippen molar-refractivity contribution in [2.45, 2.75) is 24.8 Å². The van der Waals surface area contributed by atoms with E-state index in [-0.39, 0.29) is 16.5 Å². The van der Waals surface area contributed by atoms with Gasteiger partial charge in [-0.25, -0.2) is 23.2 Å². The lowest BCUT2D eigenvalue weighted by Crippen LogP contribution is -2.16. The van der Waals surface area contributed by atoms with E-state index in [2.05, 4.69) is 9.97 Å². The number of halogens is 1. The summed E-state index contributed by atoms with van der Waals surface area (Å²) < 4.78 is 30.6. The molecule has 8 heteroatoms. The van der Waals surface area contributed by atoms with Crippen molar-refractivity contribution in [2.75, 3.05) is 0 Å². The fraction of sp³-hybridized carbons (Fsp3) is 0.150. The van der Waals surface area contributed by atoms with Crippen LogP contribution in [0.4, 0.5) is 0 Å². The second-order valence-electron chi connectivity index (χ2n) is 6.31. The number of aryl methyl sites for hydroxylation is 2. The van der Waals surface area contributed by atoms with Gasteiger partial charge < -0.3 is 4.74 Å². The summed E-state index contributed by atoms with van der Waals surface area (Å²) in [6.07, 6.45) is 1.09. The van der Waals surface area contributed by atoms with E-state index >= 15 is 0 Å².